The summed E-state index contributed by atoms with van der Waals surface area (Å²) in [5, 5.41) is 2.95. The average molecular weight is 294 g/mol. The summed E-state index contributed by atoms with van der Waals surface area (Å²) in [6, 6.07) is 5.77. The molecule has 0 unspecified atom stereocenters. The molecule has 1 aromatic carbocycles. The van der Waals surface area contributed by atoms with Crippen molar-refractivity contribution in [1.29, 1.82) is 0 Å². The van der Waals surface area contributed by atoms with Gasteiger partial charge < -0.3 is 20.5 Å². The highest BCUT2D eigenvalue weighted by molar-refractivity contribution is 5.77. The number of amides is 1. The Morgan fingerprint density at radius 1 is 1.33 bits per heavy atom. The normalized spacial score (nSPS) is 10.5. The Morgan fingerprint density at radius 3 is 2.62 bits per heavy atom. The van der Waals surface area contributed by atoms with Crippen LogP contribution >= 0.6 is 0 Å². The number of benzene rings is 1. The first-order chi connectivity index (χ1) is 10.1. The number of nitrogens with two attached hydrogens (primary N) is 1. The number of carbonyl (C=O) groups excluding carboxylic acids is 1. The highest BCUT2D eigenvalue weighted by atomic mass is 16.5. The third kappa shape index (κ3) is 5.63. The van der Waals surface area contributed by atoms with Crippen LogP contribution in [-0.4, -0.2) is 32.2 Å². The lowest BCUT2D eigenvalue weighted by molar-refractivity contribution is -0.123. The van der Waals surface area contributed by atoms with E-state index in [0.717, 1.165) is 18.4 Å². The first-order valence-electron chi connectivity index (χ1n) is 7.43. The van der Waals surface area contributed by atoms with E-state index in [-0.39, 0.29) is 18.6 Å². The van der Waals surface area contributed by atoms with Gasteiger partial charge in [-0.3, -0.25) is 4.79 Å². The van der Waals surface area contributed by atoms with Gasteiger partial charge in [-0.15, -0.1) is 0 Å². The Labute approximate surface area is 126 Å². The summed E-state index contributed by atoms with van der Waals surface area (Å²) in [5.41, 5.74) is 6.57. The van der Waals surface area contributed by atoms with Crippen molar-refractivity contribution in [2.75, 3.05) is 20.3 Å². The van der Waals surface area contributed by atoms with Gasteiger partial charge >= 0.3 is 0 Å². The van der Waals surface area contributed by atoms with E-state index in [1.807, 2.05) is 12.1 Å². The van der Waals surface area contributed by atoms with E-state index in [1.54, 1.807) is 13.2 Å². The molecule has 0 radical (unpaired) electrons. The molecule has 5 heteroatoms. The zero-order chi connectivity index (χ0) is 15.7. The quantitative estimate of drug-likeness (QED) is 0.729. The maximum absolute atomic E-state index is 11.9. The second kappa shape index (κ2) is 9.23. The lowest BCUT2D eigenvalue weighted by Gasteiger charge is -2.16. The molecule has 0 spiro atoms. The molecule has 5 nitrogen and oxygen atoms in total. The zero-order valence-electron chi connectivity index (χ0n) is 13.1. The molecule has 1 amide bonds. The fraction of sp³-hybridized carbons (Fsp3) is 0.562. The van der Waals surface area contributed by atoms with Gasteiger partial charge in [-0.2, -0.15) is 0 Å². The van der Waals surface area contributed by atoms with E-state index in [1.165, 1.54) is 0 Å². The molecule has 1 rings (SSSR count). The number of rotatable bonds is 9. The van der Waals surface area contributed by atoms with Crippen LogP contribution in [0.3, 0.4) is 0 Å². The van der Waals surface area contributed by atoms with Gasteiger partial charge in [0.2, 0.25) is 0 Å². The fourth-order valence-electron chi connectivity index (χ4n) is 2.06. The van der Waals surface area contributed by atoms with Crippen molar-refractivity contribution >= 4 is 5.91 Å². The van der Waals surface area contributed by atoms with Crippen LogP contribution < -0.4 is 20.5 Å². The van der Waals surface area contributed by atoms with Gasteiger partial charge in [-0.1, -0.05) is 19.9 Å². The highest BCUT2D eigenvalue weighted by Gasteiger charge is 2.11. The van der Waals surface area contributed by atoms with Crippen LogP contribution in [0.2, 0.25) is 0 Å². The molecule has 118 valence electrons. The first kappa shape index (κ1) is 17.3. The van der Waals surface area contributed by atoms with Crippen molar-refractivity contribution in [1.82, 2.24) is 5.32 Å². The van der Waals surface area contributed by atoms with E-state index in [2.05, 4.69) is 19.2 Å². The molecular formula is C16H26N2O3. The topological polar surface area (TPSA) is 73.6 Å². The minimum atomic E-state index is -0.106. The lowest BCUT2D eigenvalue weighted by Crippen LogP contribution is -2.37. The predicted octanol–water partition coefficient (Wildman–Crippen LogP) is 1.88. The highest BCUT2D eigenvalue weighted by Crippen LogP contribution is 2.25. The van der Waals surface area contributed by atoms with Crippen molar-refractivity contribution in [3.05, 3.63) is 23.8 Å². The van der Waals surface area contributed by atoms with E-state index in [0.29, 0.717) is 24.5 Å². The molecule has 1 aromatic rings. The third-order valence-electron chi connectivity index (χ3n) is 3.40. The molecular weight excluding hydrogens is 268 g/mol. The van der Waals surface area contributed by atoms with Crippen LogP contribution in [0.25, 0.3) is 0 Å². The van der Waals surface area contributed by atoms with Crippen molar-refractivity contribution in [2.45, 2.75) is 39.2 Å². The van der Waals surface area contributed by atoms with Gasteiger partial charge in [0.25, 0.3) is 5.91 Å². The molecule has 3 N–H and O–H groups in total. The molecule has 0 fully saturated rings. The minimum Gasteiger partial charge on any atom is -0.497 e. The smallest absolute Gasteiger partial charge is 0.258 e. The number of nitrogens with one attached hydrogen (secondary N) is 1. The van der Waals surface area contributed by atoms with E-state index < -0.39 is 0 Å². The Kier molecular flexibility index (Phi) is 7.61. The molecule has 0 aliphatic carbocycles. The van der Waals surface area contributed by atoms with E-state index >= 15 is 0 Å². The van der Waals surface area contributed by atoms with Gasteiger partial charge in [0.05, 0.1) is 7.11 Å². The second-order valence-corrected chi connectivity index (χ2v) is 4.88. The summed E-state index contributed by atoms with van der Waals surface area (Å²) in [7, 11) is 1.60. The summed E-state index contributed by atoms with van der Waals surface area (Å²) in [6.07, 6.45) is 2.53. The lowest BCUT2D eigenvalue weighted by atomic mass is 10.1. The number of ether oxygens (including phenoxy) is 2. The Bertz CT molecular complexity index is 445. The van der Waals surface area contributed by atoms with Gasteiger partial charge in [0, 0.05) is 12.1 Å². The largest absolute Gasteiger partial charge is 0.497 e. The van der Waals surface area contributed by atoms with Crippen LogP contribution in [-0.2, 0) is 11.2 Å². The Morgan fingerprint density at radius 2 is 2.05 bits per heavy atom. The average Bonchev–Trinajstić information content (AvgIpc) is 2.51. The first-order valence-corrected chi connectivity index (χ1v) is 7.43. The minimum absolute atomic E-state index is 0.00123. The van der Waals surface area contributed by atoms with Crippen LogP contribution in [0, 0.1) is 0 Å². The summed E-state index contributed by atoms with van der Waals surface area (Å²) >= 11 is 0. The third-order valence-corrected chi connectivity index (χ3v) is 3.40. The molecule has 0 heterocycles. The molecule has 21 heavy (non-hydrogen) atoms. The Hall–Kier alpha value is -1.75. The van der Waals surface area contributed by atoms with Crippen LogP contribution in [0.1, 0.15) is 32.3 Å². The van der Waals surface area contributed by atoms with Gasteiger partial charge in [0.15, 0.2) is 6.61 Å². The maximum Gasteiger partial charge on any atom is 0.258 e. The van der Waals surface area contributed by atoms with Crippen LogP contribution in [0.15, 0.2) is 18.2 Å². The molecule has 0 bridgehead atoms. The van der Waals surface area contributed by atoms with Crippen molar-refractivity contribution < 1.29 is 14.3 Å². The Balaban J connectivity index is 2.66. The predicted molar refractivity (Wildman–Crippen MR) is 83.8 cm³/mol. The van der Waals surface area contributed by atoms with Crippen molar-refractivity contribution in [3.8, 4) is 11.5 Å². The molecule has 0 aliphatic rings. The molecule has 0 aromatic heterocycles. The van der Waals surface area contributed by atoms with Crippen molar-refractivity contribution in [3.63, 3.8) is 0 Å². The van der Waals surface area contributed by atoms with Gasteiger partial charge in [-0.05, 0) is 37.4 Å². The monoisotopic (exact) mass is 294 g/mol. The standard InChI is InChI=1S/C16H26N2O3/c1-4-13(5-2)18-16(19)11-21-15-10-14(20-3)7-6-12(15)8-9-17/h6-7,10,13H,4-5,8-9,11,17H2,1-3H3,(H,18,19). The summed E-state index contributed by atoms with van der Waals surface area (Å²) in [6.45, 7) is 4.64. The SMILES string of the molecule is CCC(CC)NC(=O)COc1cc(OC)ccc1CCN. The number of methoxy groups -OCH3 is 1. The zero-order valence-corrected chi connectivity index (χ0v) is 13.1. The molecule has 0 saturated carbocycles. The van der Waals surface area contributed by atoms with Gasteiger partial charge in [-0.25, -0.2) is 0 Å². The van der Waals surface area contributed by atoms with Crippen LogP contribution in [0.4, 0.5) is 0 Å². The molecule has 0 saturated heterocycles. The summed E-state index contributed by atoms with van der Waals surface area (Å²) < 4.78 is 10.8. The number of hydrogen-bond donors (Lipinski definition) is 2. The molecule has 0 aliphatic heterocycles. The number of hydrogen-bond acceptors (Lipinski definition) is 4. The maximum atomic E-state index is 11.9. The van der Waals surface area contributed by atoms with E-state index in [4.69, 9.17) is 15.2 Å². The van der Waals surface area contributed by atoms with E-state index in [9.17, 15) is 4.79 Å². The fourth-order valence-corrected chi connectivity index (χ4v) is 2.06. The second-order valence-electron chi connectivity index (χ2n) is 4.88. The van der Waals surface area contributed by atoms with Crippen molar-refractivity contribution in [2.24, 2.45) is 5.73 Å². The molecule has 0 atom stereocenters. The van der Waals surface area contributed by atoms with Crippen LogP contribution in [0.5, 0.6) is 11.5 Å². The summed E-state index contributed by atoms with van der Waals surface area (Å²) in [4.78, 5) is 11.9. The van der Waals surface area contributed by atoms with Gasteiger partial charge in [0.1, 0.15) is 11.5 Å². The summed E-state index contributed by atoms with van der Waals surface area (Å²) in [5.74, 6) is 1.25. The number of carbonyl (C=O) groups is 1.